The fourth-order valence-electron chi connectivity index (χ4n) is 0.588. The maximum atomic E-state index is 5.16. The van der Waals surface area contributed by atoms with Gasteiger partial charge in [-0.15, -0.1) is 0 Å². The van der Waals surface area contributed by atoms with Gasteiger partial charge in [0.25, 0.3) is 0 Å². The maximum absolute atomic E-state index is 5.16. The summed E-state index contributed by atoms with van der Waals surface area (Å²) in [5, 5.41) is 0. The summed E-state index contributed by atoms with van der Waals surface area (Å²) in [6.07, 6.45) is 7.13. The zero-order valence-electron chi connectivity index (χ0n) is 7.14. The summed E-state index contributed by atoms with van der Waals surface area (Å²) in [6, 6.07) is 0. The van der Waals surface area contributed by atoms with E-state index in [1.54, 1.807) is 0 Å². The molecule has 0 saturated heterocycles. The van der Waals surface area contributed by atoms with Crippen LogP contribution in [-0.4, -0.2) is 13.2 Å². The Morgan fingerprint density at radius 1 is 1.55 bits per heavy atom. The molecule has 0 spiro atoms. The van der Waals surface area contributed by atoms with Crippen LogP contribution >= 0.6 is 15.9 Å². The van der Waals surface area contributed by atoms with Crippen LogP contribution in [0.25, 0.3) is 0 Å². The minimum atomic E-state index is 0.804. The molecule has 1 nitrogen and oxygen atoms in total. The lowest BCUT2D eigenvalue weighted by Crippen LogP contribution is -1.90. The second-order valence-electron chi connectivity index (χ2n) is 2.06. The molecule has 0 aliphatic carbocycles. The van der Waals surface area contributed by atoms with E-state index >= 15 is 0 Å². The molecule has 0 fully saturated rings. The molecule has 0 N–H and O–H groups in total. The average Bonchev–Trinajstić information content (AvgIpc) is 2.04. The van der Waals surface area contributed by atoms with Crippen molar-refractivity contribution in [3.8, 4) is 0 Å². The first-order chi connectivity index (χ1) is 5.31. The Balaban J connectivity index is 3.30. The molecule has 0 aromatic heterocycles. The first-order valence-corrected chi connectivity index (χ1v) is 4.66. The van der Waals surface area contributed by atoms with Gasteiger partial charge in [-0.2, -0.15) is 0 Å². The molecule has 0 saturated carbocycles. The quantitative estimate of drug-likeness (QED) is 0.509. The average molecular weight is 219 g/mol. The molecule has 11 heavy (non-hydrogen) atoms. The maximum Gasteiger partial charge on any atom is 0.0500 e. The third-order valence-corrected chi connectivity index (χ3v) is 1.91. The van der Waals surface area contributed by atoms with Crippen LogP contribution < -0.4 is 0 Å². The minimum absolute atomic E-state index is 0.804. The monoisotopic (exact) mass is 218 g/mol. The van der Waals surface area contributed by atoms with E-state index < -0.39 is 0 Å². The van der Waals surface area contributed by atoms with E-state index in [0.29, 0.717) is 0 Å². The first-order valence-electron chi connectivity index (χ1n) is 3.87. The predicted octanol–water partition coefficient (Wildman–Crippen LogP) is 3.27. The van der Waals surface area contributed by atoms with Crippen LogP contribution in [0.15, 0.2) is 22.7 Å². The van der Waals surface area contributed by atoms with E-state index in [-0.39, 0.29) is 0 Å². The van der Waals surface area contributed by atoms with E-state index in [2.05, 4.69) is 22.0 Å². The highest BCUT2D eigenvalue weighted by molar-refractivity contribution is 9.11. The van der Waals surface area contributed by atoms with Gasteiger partial charge in [0.05, 0.1) is 0 Å². The standard InChI is InChI=1S/C9H15BrO/c1-3-9(10)7-5-6-8-11-4-2/h3,5,7H,4,6,8H2,1-2H3/b7-5-,9-3+. The second kappa shape index (κ2) is 8.02. The number of allylic oxidation sites excluding steroid dienone is 3. The fraction of sp³-hybridized carbons (Fsp3) is 0.556. The number of hydrogen-bond acceptors (Lipinski definition) is 1. The Morgan fingerprint density at radius 2 is 2.27 bits per heavy atom. The molecule has 2 heteroatoms. The van der Waals surface area contributed by atoms with Crippen molar-refractivity contribution in [1.29, 1.82) is 0 Å². The van der Waals surface area contributed by atoms with Crippen molar-refractivity contribution in [3.05, 3.63) is 22.7 Å². The molecule has 0 aromatic rings. The first kappa shape index (κ1) is 10.9. The van der Waals surface area contributed by atoms with Crippen LogP contribution in [0, 0.1) is 0 Å². The van der Waals surface area contributed by atoms with Crippen molar-refractivity contribution >= 4 is 15.9 Å². The van der Waals surface area contributed by atoms with Gasteiger partial charge in [0.15, 0.2) is 0 Å². The molecule has 0 atom stereocenters. The molecule has 0 heterocycles. The zero-order valence-corrected chi connectivity index (χ0v) is 8.73. The summed E-state index contributed by atoms with van der Waals surface area (Å²) in [5.74, 6) is 0. The third-order valence-electron chi connectivity index (χ3n) is 1.19. The van der Waals surface area contributed by atoms with E-state index in [0.717, 1.165) is 24.1 Å². The van der Waals surface area contributed by atoms with E-state index in [4.69, 9.17) is 4.74 Å². The molecular formula is C9H15BrO. The Morgan fingerprint density at radius 3 is 2.82 bits per heavy atom. The number of ether oxygens (including phenoxy) is 1. The van der Waals surface area contributed by atoms with Crippen molar-refractivity contribution < 1.29 is 4.74 Å². The van der Waals surface area contributed by atoms with Gasteiger partial charge in [-0.1, -0.05) is 34.2 Å². The number of rotatable bonds is 5. The van der Waals surface area contributed by atoms with Gasteiger partial charge in [0.2, 0.25) is 0 Å². The number of hydrogen-bond donors (Lipinski definition) is 0. The van der Waals surface area contributed by atoms with Crippen LogP contribution in [0.4, 0.5) is 0 Å². The SMILES string of the molecule is C/C=C(Br)\C=C/CCOCC. The molecular weight excluding hydrogens is 204 g/mol. The molecule has 0 aliphatic heterocycles. The number of halogens is 1. The van der Waals surface area contributed by atoms with Gasteiger partial charge < -0.3 is 4.74 Å². The van der Waals surface area contributed by atoms with Gasteiger partial charge in [-0.3, -0.25) is 0 Å². The highest BCUT2D eigenvalue weighted by atomic mass is 79.9. The van der Waals surface area contributed by atoms with Crippen molar-refractivity contribution in [2.45, 2.75) is 20.3 Å². The van der Waals surface area contributed by atoms with Gasteiger partial charge >= 0.3 is 0 Å². The van der Waals surface area contributed by atoms with Crippen LogP contribution in [0.2, 0.25) is 0 Å². The van der Waals surface area contributed by atoms with Gasteiger partial charge in [0, 0.05) is 17.7 Å². The van der Waals surface area contributed by atoms with Gasteiger partial charge in [0.1, 0.15) is 0 Å². The minimum Gasteiger partial charge on any atom is -0.381 e. The van der Waals surface area contributed by atoms with Crippen LogP contribution in [-0.2, 0) is 4.74 Å². The fourth-order valence-corrected chi connectivity index (χ4v) is 0.775. The summed E-state index contributed by atoms with van der Waals surface area (Å²) in [5.41, 5.74) is 0. The second-order valence-corrected chi connectivity index (χ2v) is 2.98. The Hall–Kier alpha value is -0.0800. The molecule has 0 aliphatic rings. The van der Waals surface area contributed by atoms with Crippen LogP contribution in [0.3, 0.4) is 0 Å². The molecule has 0 aromatic carbocycles. The van der Waals surface area contributed by atoms with E-state index in [1.807, 2.05) is 26.0 Å². The van der Waals surface area contributed by atoms with Crippen LogP contribution in [0.5, 0.6) is 0 Å². The molecule has 0 bridgehead atoms. The molecule has 0 radical (unpaired) electrons. The van der Waals surface area contributed by atoms with Crippen molar-refractivity contribution in [2.75, 3.05) is 13.2 Å². The predicted molar refractivity (Wildman–Crippen MR) is 52.9 cm³/mol. The van der Waals surface area contributed by atoms with Gasteiger partial charge in [-0.25, -0.2) is 0 Å². The summed E-state index contributed by atoms with van der Waals surface area (Å²) < 4.78 is 6.28. The summed E-state index contributed by atoms with van der Waals surface area (Å²) >= 11 is 3.38. The van der Waals surface area contributed by atoms with Crippen molar-refractivity contribution in [1.82, 2.24) is 0 Å². The lowest BCUT2D eigenvalue weighted by molar-refractivity contribution is 0.152. The Bertz CT molecular complexity index is 138. The van der Waals surface area contributed by atoms with Crippen molar-refractivity contribution in [2.24, 2.45) is 0 Å². The topological polar surface area (TPSA) is 9.23 Å². The summed E-state index contributed by atoms with van der Waals surface area (Å²) in [6.45, 7) is 5.62. The lowest BCUT2D eigenvalue weighted by atomic mass is 10.4. The Kier molecular flexibility index (Phi) is 7.96. The zero-order chi connectivity index (χ0) is 8.53. The van der Waals surface area contributed by atoms with Crippen LogP contribution in [0.1, 0.15) is 20.3 Å². The summed E-state index contributed by atoms with van der Waals surface area (Å²) in [4.78, 5) is 0. The molecule has 0 rings (SSSR count). The molecule has 0 unspecified atom stereocenters. The van der Waals surface area contributed by atoms with Gasteiger partial charge in [-0.05, 0) is 20.3 Å². The highest BCUT2D eigenvalue weighted by Crippen LogP contribution is 2.05. The molecule has 0 amide bonds. The lowest BCUT2D eigenvalue weighted by Gasteiger charge is -1.94. The molecule has 64 valence electrons. The Labute approximate surface area is 77.3 Å². The van der Waals surface area contributed by atoms with E-state index in [1.165, 1.54) is 0 Å². The normalized spacial score (nSPS) is 12.8. The largest absolute Gasteiger partial charge is 0.381 e. The third kappa shape index (κ3) is 7.82. The summed E-state index contributed by atoms with van der Waals surface area (Å²) in [7, 11) is 0. The van der Waals surface area contributed by atoms with Crippen molar-refractivity contribution in [3.63, 3.8) is 0 Å². The smallest absolute Gasteiger partial charge is 0.0500 e. The highest BCUT2D eigenvalue weighted by Gasteiger charge is 1.81. The van der Waals surface area contributed by atoms with E-state index in [9.17, 15) is 0 Å².